The summed E-state index contributed by atoms with van der Waals surface area (Å²) in [5, 5.41) is 2.48. The van der Waals surface area contributed by atoms with Crippen LogP contribution in [-0.2, 0) is 16.1 Å². The minimum absolute atomic E-state index is 0.0728. The first-order valence-electron chi connectivity index (χ1n) is 10.4. The van der Waals surface area contributed by atoms with Crippen molar-refractivity contribution in [2.24, 2.45) is 5.92 Å². The fourth-order valence-corrected chi connectivity index (χ4v) is 5.49. The van der Waals surface area contributed by atoms with Crippen LogP contribution >= 0.6 is 0 Å². The van der Waals surface area contributed by atoms with Crippen LogP contribution in [0.1, 0.15) is 23.5 Å². The molecule has 1 spiro atoms. The summed E-state index contributed by atoms with van der Waals surface area (Å²) in [6, 6.07) is 25.4. The largest absolute Gasteiger partial charge is 0.362 e. The molecule has 0 aromatic heterocycles. The number of carbonyl (C=O) groups is 1. The first-order valence-corrected chi connectivity index (χ1v) is 10.4. The minimum Gasteiger partial charge on any atom is -0.362 e. The SMILES string of the molecule is O=C1C2CC3C=CC2(O3)C(c2ccc3ccccc3c2)CN1Cc1ccccc1. The highest BCUT2D eigenvalue weighted by Gasteiger charge is 2.61. The van der Waals surface area contributed by atoms with E-state index in [-0.39, 0.29) is 23.8 Å². The van der Waals surface area contributed by atoms with Gasteiger partial charge in [-0.3, -0.25) is 4.79 Å². The maximum absolute atomic E-state index is 13.4. The molecular weight excluding hydrogens is 358 g/mol. The topological polar surface area (TPSA) is 29.5 Å². The standard InChI is InChI=1S/C26H23NO2/c28-25-23-15-22-12-13-26(23,29-22)24(17-27(25)16-18-6-2-1-3-7-18)21-11-10-19-8-4-5-9-20(19)14-21/h1-14,22-24H,15-17H2. The van der Waals surface area contributed by atoms with Gasteiger partial charge >= 0.3 is 0 Å². The Hall–Kier alpha value is -2.91. The summed E-state index contributed by atoms with van der Waals surface area (Å²) < 4.78 is 6.45. The third kappa shape index (κ3) is 2.57. The van der Waals surface area contributed by atoms with Crippen LogP contribution in [0, 0.1) is 5.92 Å². The second-order valence-electron chi connectivity index (χ2n) is 8.52. The van der Waals surface area contributed by atoms with E-state index in [2.05, 4.69) is 66.7 Å². The van der Waals surface area contributed by atoms with E-state index in [0.29, 0.717) is 13.1 Å². The summed E-state index contributed by atoms with van der Waals surface area (Å²) in [6.07, 6.45) is 5.21. The van der Waals surface area contributed by atoms with E-state index in [4.69, 9.17) is 4.74 Å². The van der Waals surface area contributed by atoms with Crippen LogP contribution in [0.15, 0.2) is 84.9 Å². The molecule has 144 valence electrons. The lowest BCUT2D eigenvalue weighted by Crippen LogP contribution is -2.56. The maximum atomic E-state index is 13.4. The maximum Gasteiger partial charge on any atom is 0.229 e. The van der Waals surface area contributed by atoms with Gasteiger partial charge in [0.25, 0.3) is 0 Å². The van der Waals surface area contributed by atoms with Gasteiger partial charge in [-0.15, -0.1) is 0 Å². The molecule has 6 rings (SSSR count). The number of hydrogen-bond acceptors (Lipinski definition) is 2. The van der Waals surface area contributed by atoms with E-state index < -0.39 is 5.60 Å². The van der Waals surface area contributed by atoms with Crippen molar-refractivity contribution in [3.05, 3.63) is 96.1 Å². The Kier molecular flexibility index (Phi) is 3.69. The third-order valence-corrected chi connectivity index (χ3v) is 6.89. The van der Waals surface area contributed by atoms with E-state index >= 15 is 0 Å². The van der Waals surface area contributed by atoms with Crippen LogP contribution in [0.25, 0.3) is 10.8 Å². The molecule has 0 saturated carbocycles. The average molecular weight is 381 g/mol. The molecule has 0 radical (unpaired) electrons. The molecule has 1 amide bonds. The predicted octanol–water partition coefficient (Wildman–Crippen LogP) is 4.68. The summed E-state index contributed by atoms with van der Waals surface area (Å²) in [5.74, 6) is 0.284. The van der Waals surface area contributed by atoms with Crippen molar-refractivity contribution in [2.45, 2.75) is 30.6 Å². The zero-order valence-electron chi connectivity index (χ0n) is 16.2. The molecule has 3 nitrogen and oxygen atoms in total. The molecule has 2 saturated heterocycles. The van der Waals surface area contributed by atoms with Crippen LogP contribution in [0.4, 0.5) is 0 Å². The molecule has 4 unspecified atom stereocenters. The summed E-state index contributed by atoms with van der Waals surface area (Å²) in [6.45, 7) is 1.34. The summed E-state index contributed by atoms with van der Waals surface area (Å²) >= 11 is 0. The van der Waals surface area contributed by atoms with Crippen LogP contribution in [0.5, 0.6) is 0 Å². The first-order chi connectivity index (χ1) is 14.2. The van der Waals surface area contributed by atoms with E-state index in [1.54, 1.807) is 0 Å². The number of piperidine rings is 1. The van der Waals surface area contributed by atoms with Crippen LogP contribution in [-0.4, -0.2) is 29.1 Å². The molecule has 3 aliphatic rings. The lowest BCUT2D eigenvalue weighted by atomic mass is 9.68. The Morgan fingerprint density at radius 3 is 2.55 bits per heavy atom. The Morgan fingerprint density at radius 2 is 1.72 bits per heavy atom. The highest BCUT2D eigenvalue weighted by Crippen LogP contribution is 2.54. The highest BCUT2D eigenvalue weighted by molar-refractivity contribution is 5.85. The summed E-state index contributed by atoms with van der Waals surface area (Å²) in [7, 11) is 0. The van der Waals surface area contributed by atoms with Gasteiger partial charge in [0, 0.05) is 19.0 Å². The number of amides is 1. The van der Waals surface area contributed by atoms with Crippen LogP contribution < -0.4 is 0 Å². The first kappa shape index (κ1) is 17.0. The van der Waals surface area contributed by atoms with Crippen molar-refractivity contribution in [3.8, 4) is 0 Å². The molecule has 0 aliphatic carbocycles. The van der Waals surface area contributed by atoms with Gasteiger partial charge in [-0.25, -0.2) is 0 Å². The molecule has 3 aromatic carbocycles. The normalized spacial score (nSPS) is 30.1. The van der Waals surface area contributed by atoms with Crippen molar-refractivity contribution in [1.29, 1.82) is 0 Å². The number of hydrogen-bond donors (Lipinski definition) is 0. The Balaban J connectivity index is 1.42. The molecule has 3 aliphatic heterocycles. The van der Waals surface area contributed by atoms with Crippen molar-refractivity contribution in [3.63, 3.8) is 0 Å². The predicted molar refractivity (Wildman–Crippen MR) is 113 cm³/mol. The fraction of sp³-hybridized carbons (Fsp3) is 0.269. The number of fused-ring (bicyclic) bond motifs is 2. The molecule has 3 heteroatoms. The number of likely N-dealkylation sites (tertiary alicyclic amines) is 1. The Morgan fingerprint density at radius 1 is 0.931 bits per heavy atom. The van der Waals surface area contributed by atoms with Gasteiger partial charge in [0.1, 0.15) is 5.60 Å². The zero-order valence-corrected chi connectivity index (χ0v) is 16.2. The van der Waals surface area contributed by atoms with Gasteiger partial charge in [0.05, 0.1) is 12.0 Å². The monoisotopic (exact) mass is 381 g/mol. The molecule has 29 heavy (non-hydrogen) atoms. The van der Waals surface area contributed by atoms with E-state index in [1.807, 2.05) is 23.1 Å². The van der Waals surface area contributed by atoms with E-state index in [9.17, 15) is 4.79 Å². The third-order valence-electron chi connectivity index (χ3n) is 6.89. The van der Waals surface area contributed by atoms with Gasteiger partial charge in [0.15, 0.2) is 0 Å². The van der Waals surface area contributed by atoms with Crippen molar-refractivity contribution < 1.29 is 9.53 Å². The van der Waals surface area contributed by atoms with Gasteiger partial charge in [-0.2, -0.15) is 0 Å². The minimum atomic E-state index is -0.489. The van der Waals surface area contributed by atoms with Crippen molar-refractivity contribution in [1.82, 2.24) is 4.90 Å². The number of carbonyl (C=O) groups excluding carboxylic acids is 1. The van der Waals surface area contributed by atoms with Gasteiger partial charge in [-0.05, 0) is 28.3 Å². The number of benzene rings is 3. The molecule has 2 bridgehead atoms. The lowest BCUT2D eigenvalue weighted by molar-refractivity contribution is -0.149. The number of ether oxygens (including phenoxy) is 1. The average Bonchev–Trinajstić information content (AvgIpc) is 3.36. The van der Waals surface area contributed by atoms with Crippen LogP contribution in [0.2, 0.25) is 0 Å². The fourth-order valence-electron chi connectivity index (χ4n) is 5.49. The highest BCUT2D eigenvalue weighted by atomic mass is 16.5. The summed E-state index contributed by atoms with van der Waals surface area (Å²) in [4.78, 5) is 15.4. The van der Waals surface area contributed by atoms with E-state index in [1.165, 1.54) is 21.9 Å². The van der Waals surface area contributed by atoms with E-state index in [0.717, 1.165) is 6.42 Å². The molecule has 3 aromatic rings. The molecule has 0 N–H and O–H groups in total. The van der Waals surface area contributed by atoms with Gasteiger partial charge in [0.2, 0.25) is 5.91 Å². The van der Waals surface area contributed by atoms with Crippen molar-refractivity contribution in [2.75, 3.05) is 6.54 Å². The lowest BCUT2D eigenvalue weighted by Gasteiger charge is -2.46. The quantitative estimate of drug-likeness (QED) is 0.617. The zero-order chi connectivity index (χ0) is 19.4. The molecule has 4 atom stereocenters. The Labute approximate surface area is 170 Å². The molecule has 3 heterocycles. The van der Waals surface area contributed by atoms with Gasteiger partial charge < -0.3 is 9.64 Å². The van der Waals surface area contributed by atoms with Crippen LogP contribution in [0.3, 0.4) is 0 Å². The second-order valence-corrected chi connectivity index (χ2v) is 8.52. The molecular formula is C26H23NO2. The molecule has 2 fully saturated rings. The van der Waals surface area contributed by atoms with Crippen molar-refractivity contribution >= 4 is 16.7 Å². The number of rotatable bonds is 3. The number of nitrogens with zero attached hydrogens (tertiary/aromatic N) is 1. The van der Waals surface area contributed by atoms with Gasteiger partial charge in [-0.1, -0.05) is 84.9 Å². The smallest absolute Gasteiger partial charge is 0.229 e. The second kappa shape index (κ2) is 6.30. The Bertz CT molecular complexity index is 1120. The summed E-state index contributed by atoms with van der Waals surface area (Å²) in [5.41, 5.74) is 1.94.